The summed E-state index contributed by atoms with van der Waals surface area (Å²) in [5.74, 6) is 2.50. The first kappa shape index (κ1) is 21.1. The number of hydrogen-bond donors (Lipinski definition) is 2. The van der Waals surface area contributed by atoms with Crippen LogP contribution < -0.4 is 15.5 Å². The van der Waals surface area contributed by atoms with Gasteiger partial charge in [0.05, 0.1) is 0 Å². The maximum Gasteiger partial charge on any atom is 0.229 e. The van der Waals surface area contributed by atoms with Crippen molar-refractivity contribution in [2.24, 2.45) is 0 Å². The highest BCUT2D eigenvalue weighted by molar-refractivity contribution is 5.67. The Balaban J connectivity index is 1.42. The second-order valence-corrected chi connectivity index (χ2v) is 8.15. The summed E-state index contributed by atoms with van der Waals surface area (Å²) in [5.41, 5.74) is 4.70. The van der Waals surface area contributed by atoms with Crippen molar-refractivity contribution in [2.45, 2.75) is 20.3 Å². The maximum atomic E-state index is 4.89. The van der Waals surface area contributed by atoms with E-state index >= 15 is 0 Å². The van der Waals surface area contributed by atoms with Crippen LogP contribution in [0.1, 0.15) is 16.7 Å². The summed E-state index contributed by atoms with van der Waals surface area (Å²) in [5, 5.41) is 6.70. The topological polar surface area (TPSA) is 56.3 Å². The van der Waals surface area contributed by atoms with E-state index in [1.54, 1.807) is 0 Å². The molecule has 2 heterocycles. The molecule has 0 bridgehead atoms. The van der Waals surface area contributed by atoms with Gasteiger partial charge in [0.25, 0.3) is 0 Å². The van der Waals surface area contributed by atoms with E-state index in [4.69, 9.17) is 9.97 Å². The third-order valence-electron chi connectivity index (χ3n) is 5.90. The van der Waals surface area contributed by atoms with Gasteiger partial charge in [-0.15, -0.1) is 0 Å². The Morgan fingerprint density at radius 1 is 0.839 bits per heavy atom. The molecule has 0 unspecified atom stereocenters. The van der Waals surface area contributed by atoms with Crippen LogP contribution >= 0.6 is 0 Å². The zero-order valence-corrected chi connectivity index (χ0v) is 18.7. The Bertz CT molecular complexity index is 979. The Labute approximate surface area is 185 Å². The molecule has 1 aromatic heterocycles. The van der Waals surface area contributed by atoms with Gasteiger partial charge in [-0.05, 0) is 38.0 Å². The van der Waals surface area contributed by atoms with E-state index in [9.17, 15) is 0 Å². The van der Waals surface area contributed by atoms with Crippen molar-refractivity contribution in [1.29, 1.82) is 0 Å². The summed E-state index contributed by atoms with van der Waals surface area (Å²) >= 11 is 0. The quantitative estimate of drug-likeness (QED) is 0.601. The number of rotatable bonds is 7. The van der Waals surface area contributed by atoms with Crippen LogP contribution in [-0.2, 0) is 6.42 Å². The Morgan fingerprint density at radius 2 is 1.52 bits per heavy atom. The van der Waals surface area contributed by atoms with Crippen molar-refractivity contribution in [3.63, 3.8) is 0 Å². The van der Waals surface area contributed by atoms with Gasteiger partial charge in [0.1, 0.15) is 11.6 Å². The van der Waals surface area contributed by atoms with Crippen LogP contribution in [0.3, 0.4) is 0 Å². The fourth-order valence-electron chi connectivity index (χ4n) is 3.89. The van der Waals surface area contributed by atoms with Crippen molar-refractivity contribution in [1.82, 2.24) is 14.9 Å². The lowest BCUT2D eigenvalue weighted by atomic mass is 10.1. The molecule has 1 aliphatic rings. The number of hydrogen-bond acceptors (Lipinski definition) is 6. The first-order chi connectivity index (χ1) is 15.1. The van der Waals surface area contributed by atoms with E-state index in [1.165, 1.54) is 11.1 Å². The van der Waals surface area contributed by atoms with Gasteiger partial charge in [-0.1, -0.05) is 48.0 Å². The number of nitrogens with one attached hydrogen (secondary N) is 2. The van der Waals surface area contributed by atoms with Gasteiger partial charge in [-0.2, -0.15) is 9.97 Å². The molecular weight excluding hydrogens is 384 g/mol. The third-order valence-corrected chi connectivity index (χ3v) is 5.90. The average molecular weight is 417 g/mol. The molecule has 2 aromatic carbocycles. The van der Waals surface area contributed by atoms with Gasteiger partial charge in [0.15, 0.2) is 0 Å². The van der Waals surface area contributed by atoms with E-state index in [2.05, 4.69) is 82.0 Å². The second-order valence-electron chi connectivity index (χ2n) is 8.15. The molecule has 3 aromatic rings. The summed E-state index contributed by atoms with van der Waals surface area (Å²) < 4.78 is 0. The number of piperazine rings is 1. The molecule has 162 valence electrons. The minimum atomic E-state index is 0.785. The maximum absolute atomic E-state index is 4.89. The fourth-order valence-corrected chi connectivity index (χ4v) is 3.89. The van der Waals surface area contributed by atoms with E-state index < -0.39 is 0 Å². The number of anilines is 4. The molecule has 1 aliphatic heterocycles. The Morgan fingerprint density at radius 3 is 2.19 bits per heavy atom. The molecule has 0 amide bonds. The summed E-state index contributed by atoms with van der Waals surface area (Å²) in [6.45, 7) is 9.16. The average Bonchev–Trinajstić information content (AvgIpc) is 2.81. The summed E-state index contributed by atoms with van der Waals surface area (Å²) in [6, 6.07) is 19.1. The molecule has 2 N–H and O–H groups in total. The fraction of sp³-hybridized carbons (Fsp3) is 0.360. The lowest BCUT2D eigenvalue weighted by Crippen LogP contribution is -2.47. The van der Waals surface area contributed by atoms with E-state index in [0.29, 0.717) is 0 Å². The lowest BCUT2D eigenvalue weighted by Gasteiger charge is -2.35. The molecule has 0 aliphatic carbocycles. The number of nitrogens with zero attached hydrogens (tertiary/aromatic N) is 4. The van der Waals surface area contributed by atoms with Crippen molar-refractivity contribution < 1.29 is 0 Å². The smallest absolute Gasteiger partial charge is 0.229 e. The van der Waals surface area contributed by atoms with Crippen LogP contribution in [0.4, 0.5) is 23.3 Å². The van der Waals surface area contributed by atoms with Crippen LogP contribution in [0.5, 0.6) is 0 Å². The molecule has 1 saturated heterocycles. The van der Waals surface area contributed by atoms with Crippen molar-refractivity contribution >= 4 is 23.3 Å². The Kier molecular flexibility index (Phi) is 6.67. The standard InChI is InChI=1S/C25H32N6/c1-19-9-11-22(12-10-19)27-24-20(2)23(26-3)28-25(29-24)31-17-15-30(16-18-31)14-13-21-7-5-4-6-8-21/h4-12H,13-18H2,1-3H3,(H2,26,27,28,29). The van der Waals surface area contributed by atoms with Gasteiger partial charge in [-0.3, -0.25) is 4.90 Å². The number of aryl methyl sites for hydroxylation is 1. The van der Waals surface area contributed by atoms with E-state index in [0.717, 1.165) is 68.0 Å². The predicted molar refractivity (Wildman–Crippen MR) is 130 cm³/mol. The summed E-state index contributed by atoms with van der Waals surface area (Å²) in [6.07, 6.45) is 1.09. The molecule has 0 atom stereocenters. The van der Waals surface area contributed by atoms with E-state index in [-0.39, 0.29) is 0 Å². The first-order valence-electron chi connectivity index (χ1n) is 11.0. The normalized spacial score (nSPS) is 14.5. The Hall–Kier alpha value is -3.12. The van der Waals surface area contributed by atoms with E-state index in [1.807, 2.05) is 14.0 Å². The first-order valence-corrected chi connectivity index (χ1v) is 11.0. The van der Waals surface area contributed by atoms with Gasteiger partial charge in [-0.25, -0.2) is 0 Å². The lowest BCUT2D eigenvalue weighted by molar-refractivity contribution is 0.260. The highest BCUT2D eigenvalue weighted by Gasteiger charge is 2.21. The molecule has 0 spiro atoms. The van der Waals surface area contributed by atoms with Crippen LogP contribution in [-0.4, -0.2) is 54.6 Å². The summed E-state index contributed by atoms with van der Waals surface area (Å²) in [4.78, 5) is 14.5. The second kappa shape index (κ2) is 9.79. The zero-order chi connectivity index (χ0) is 21.6. The molecule has 6 heteroatoms. The minimum absolute atomic E-state index is 0.785. The monoisotopic (exact) mass is 416 g/mol. The van der Waals surface area contributed by atoms with Gasteiger partial charge < -0.3 is 15.5 Å². The summed E-state index contributed by atoms with van der Waals surface area (Å²) in [7, 11) is 1.91. The molecule has 31 heavy (non-hydrogen) atoms. The zero-order valence-electron chi connectivity index (χ0n) is 18.7. The molecule has 1 fully saturated rings. The van der Waals surface area contributed by atoms with Crippen LogP contribution in [0.2, 0.25) is 0 Å². The highest BCUT2D eigenvalue weighted by atomic mass is 15.3. The predicted octanol–water partition coefficient (Wildman–Crippen LogP) is 4.24. The minimum Gasteiger partial charge on any atom is -0.373 e. The van der Waals surface area contributed by atoms with Gasteiger partial charge >= 0.3 is 0 Å². The SMILES string of the molecule is CNc1nc(N2CCN(CCc3ccccc3)CC2)nc(Nc2ccc(C)cc2)c1C. The molecule has 0 saturated carbocycles. The van der Waals surface area contributed by atoms with Crippen molar-refractivity contribution in [3.8, 4) is 0 Å². The van der Waals surface area contributed by atoms with Crippen LogP contribution in [0, 0.1) is 13.8 Å². The number of aromatic nitrogens is 2. The third kappa shape index (κ3) is 5.33. The largest absolute Gasteiger partial charge is 0.373 e. The molecular formula is C25H32N6. The van der Waals surface area contributed by atoms with Crippen molar-refractivity contribution in [2.75, 3.05) is 55.3 Å². The van der Waals surface area contributed by atoms with Gasteiger partial charge in [0.2, 0.25) is 5.95 Å². The molecule has 6 nitrogen and oxygen atoms in total. The van der Waals surface area contributed by atoms with Crippen LogP contribution in [0.25, 0.3) is 0 Å². The molecule has 0 radical (unpaired) electrons. The molecule has 4 rings (SSSR count). The highest BCUT2D eigenvalue weighted by Crippen LogP contribution is 2.27. The van der Waals surface area contributed by atoms with Crippen molar-refractivity contribution in [3.05, 3.63) is 71.3 Å². The number of benzene rings is 2. The van der Waals surface area contributed by atoms with Crippen LogP contribution in [0.15, 0.2) is 54.6 Å². The van der Waals surface area contributed by atoms with Gasteiger partial charge in [0, 0.05) is 51.0 Å².